The molecule has 1 aromatic rings. The van der Waals surface area contributed by atoms with Crippen LogP contribution in [0.2, 0.25) is 0 Å². The summed E-state index contributed by atoms with van der Waals surface area (Å²) >= 11 is 0. The summed E-state index contributed by atoms with van der Waals surface area (Å²) < 4.78 is 28.0. The molecule has 8 nitrogen and oxygen atoms in total. The summed E-state index contributed by atoms with van der Waals surface area (Å²) in [6, 6.07) is 3.39. The molecule has 0 spiro atoms. The Morgan fingerprint density at radius 2 is 2.20 bits per heavy atom. The van der Waals surface area contributed by atoms with Crippen LogP contribution in [0.25, 0.3) is 0 Å². The van der Waals surface area contributed by atoms with Crippen molar-refractivity contribution in [3.8, 4) is 5.75 Å². The van der Waals surface area contributed by atoms with E-state index in [2.05, 4.69) is 5.32 Å². The Morgan fingerprint density at radius 3 is 2.75 bits per heavy atom. The number of ether oxygens (including phenoxy) is 1. The lowest BCUT2D eigenvalue weighted by Crippen LogP contribution is -2.37. The van der Waals surface area contributed by atoms with Gasteiger partial charge in [-0.3, -0.25) is 10.1 Å². The molecular formula is C11H15N3O5S. The number of nitrogens with zero attached hydrogens (tertiary/aromatic N) is 1. The van der Waals surface area contributed by atoms with E-state index in [4.69, 9.17) is 9.88 Å². The van der Waals surface area contributed by atoms with Crippen LogP contribution in [-0.2, 0) is 10.0 Å². The number of rotatable bonds is 4. The maximum atomic E-state index is 11.2. The third-order valence-electron chi connectivity index (χ3n) is 3.00. The molecule has 1 unspecified atom stereocenters. The van der Waals surface area contributed by atoms with Crippen molar-refractivity contribution < 1.29 is 18.1 Å². The van der Waals surface area contributed by atoms with Gasteiger partial charge in [0.05, 0.1) is 9.82 Å². The zero-order chi connectivity index (χ0) is 14.8. The lowest BCUT2D eigenvalue weighted by atomic mass is 10.1. The summed E-state index contributed by atoms with van der Waals surface area (Å²) in [4.78, 5) is 10.0. The number of benzene rings is 1. The number of primary sulfonamides is 1. The molecule has 0 aliphatic carbocycles. The zero-order valence-electron chi connectivity index (χ0n) is 10.6. The summed E-state index contributed by atoms with van der Waals surface area (Å²) in [5.41, 5.74) is -0.401. The second kappa shape index (κ2) is 5.73. The van der Waals surface area contributed by atoms with E-state index in [0.717, 1.165) is 25.5 Å². The van der Waals surface area contributed by atoms with E-state index in [-0.39, 0.29) is 16.7 Å². The van der Waals surface area contributed by atoms with Crippen molar-refractivity contribution in [3.63, 3.8) is 0 Å². The molecule has 0 radical (unpaired) electrons. The van der Waals surface area contributed by atoms with Crippen LogP contribution in [0.1, 0.15) is 12.8 Å². The fraction of sp³-hybridized carbons (Fsp3) is 0.455. The molecule has 0 amide bonds. The van der Waals surface area contributed by atoms with Crippen LogP contribution in [-0.4, -0.2) is 32.5 Å². The van der Waals surface area contributed by atoms with Gasteiger partial charge in [0.2, 0.25) is 10.0 Å². The van der Waals surface area contributed by atoms with Crippen molar-refractivity contribution in [1.29, 1.82) is 0 Å². The summed E-state index contributed by atoms with van der Waals surface area (Å²) in [5, 5.41) is 19.1. The van der Waals surface area contributed by atoms with Crippen molar-refractivity contribution in [2.24, 2.45) is 5.14 Å². The molecule has 0 bridgehead atoms. The van der Waals surface area contributed by atoms with Crippen LogP contribution in [0.3, 0.4) is 0 Å². The molecule has 1 aliphatic heterocycles. The van der Waals surface area contributed by atoms with E-state index in [1.54, 1.807) is 0 Å². The number of nitrogens with one attached hydrogen (secondary N) is 1. The van der Waals surface area contributed by atoms with E-state index in [0.29, 0.717) is 6.54 Å². The molecule has 1 aliphatic rings. The number of nitrogens with two attached hydrogens (primary N) is 1. The number of hydrogen-bond donors (Lipinski definition) is 2. The van der Waals surface area contributed by atoms with E-state index in [1.807, 2.05) is 0 Å². The van der Waals surface area contributed by atoms with Gasteiger partial charge in [0, 0.05) is 12.6 Å². The number of hydrogen-bond acceptors (Lipinski definition) is 6. The standard InChI is InChI=1S/C11H15N3O5S/c12-20(17,18)9-3-4-11(10(6-9)14(15)16)19-8-2-1-5-13-7-8/h3-4,6,8,13H,1-2,5,7H2,(H2,12,17,18). The third-order valence-corrected chi connectivity index (χ3v) is 3.91. The molecule has 0 aromatic heterocycles. The van der Waals surface area contributed by atoms with Gasteiger partial charge in [0.15, 0.2) is 5.75 Å². The van der Waals surface area contributed by atoms with E-state index in [9.17, 15) is 18.5 Å². The fourth-order valence-corrected chi connectivity index (χ4v) is 2.55. The molecule has 1 atom stereocenters. The predicted octanol–water partition coefficient (Wildman–Crippen LogP) is 0.373. The highest BCUT2D eigenvalue weighted by Gasteiger charge is 2.23. The molecule has 20 heavy (non-hydrogen) atoms. The monoisotopic (exact) mass is 301 g/mol. The minimum absolute atomic E-state index is 0.0519. The Balaban J connectivity index is 2.30. The van der Waals surface area contributed by atoms with Gasteiger partial charge in [-0.05, 0) is 31.5 Å². The second-order valence-electron chi connectivity index (χ2n) is 4.52. The predicted molar refractivity (Wildman–Crippen MR) is 71.0 cm³/mol. The SMILES string of the molecule is NS(=O)(=O)c1ccc(OC2CCCNC2)c([N+](=O)[O-])c1. The lowest BCUT2D eigenvalue weighted by molar-refractivity contribution is -0.386. The Labute approximate surface area is 116 Å². The molecule has 3 N–H and O–H groups in total. The number of sulfonamides is 1. The molecule has 1 aromatic carbocycles. The van der Waals surface area contributed by atoms with Crippen molar-refractivity contribution in [2.75, 3.05) is 13.1 Å². The Bertz CT molecular complexity index is 610. The maximum absolute atomic E-state index is 11.2. The van der Waals surface area contributed by atoms with Crippen LogP contribution < -0.4 is 15.2 Å². The number of nitro benzene ring substituents is 1. The highest BCUT2D eigenvalue weighted by molar-refractivity contribution is 7.89. The topological polar surface area (TPSA) is 125 Å². The summed E-state index contributed by atoms with van der Waals surface area (Å²) in [6.45, 7) is 1.50. The molecular weight excluding hydrogens is 286 g/mol. The highest BCUT2D eigenvalue weighted by Crippen LogP contribution is 2.30. The molecule has 110 valence electrons. The second-order valence-corrected chi connectivity index (χ2v) is 6.08. The Hall–Kier alpha value is -1.71. The van der Waals surface area contributed by atoms with Crippen molar-refractivity contribution in [2.45, 2.75) is 23.8 Å². The van der Waals surface area contributed by atoms with Crippen LogP contribution in [0, 0.1) is 10.1 Å². The molecule has 1 saturated heterocycles. The van der Waals surface area contributed by atoms with E-state index < -0.39 is 20.6 Å². The first-order chi connectivity index (χ1) is 9.38. The van der Waals surface area contributed by atoms with E-state index >= 15 is 0 Å². The Morgan fingerprint density at radius 1 is 1.45 bits per heavy atom. The quantitative estimate of drug-likeness (QED) is 0.611. The zero-order valence-corrected chi connectivity index (χ0v) is 11.4. The first-order valence-corrected chi connectivity index (χ1v) is 7.61. The van der Waals surface area contributed by atoms with Gasteiger partial charge in [-0.1, -0.05) is 0 Å². The largest absolute Gasteiger partial charge is 0.482 e. The Kier molecular flexibility index (Phi) is 4.21. The third kappa shape index (κ3) is 3.44. The van der Waals surface area contributed by atoms with Gasteiger partial charge in [0.1, 0.15) is 6.10 Å². The summed E-state index contributed by atoms with van der Waals surface area (Å²) in [5.74, 6) is 0.0519. The van der Waals surface area contributed by atoms with Gasteiger partial charge in [-0.25, -0.2) is 13.6 Å². The van der Waals surface area contributed by atoms with Crippen molar-refractivity contribution >= 4 is 15.7 Å². The molecule has 1 heterocycles. The summed E-state index contributed by atoms with van der Waals surface area (Å²) in [6.07, 6.45) is 1.55. The van der Waals surface area contributed by atoms with Crippen molar-refractivity contribution in [1.82, 2.24) is 5.32 Å². The fourth-order valence-electron chi connectivity index (χ4n) is 2.02. The molecule has 2 rings (SSSR count). The van der Waals surface area contributed by atoms with Gasteiger partial charge in [-0.2, -0.15) is 0 Å². The number of nitro groups is 1. The van der Waals surface area contributed by atoms with Gasteiger partial charge in [0.25, 0.3) is 0 Å². The van der Waals surface area contributed by atoms with Gasteiger partial charge < -0.3 is 10.1 Å². The van der Waals surface area contributed by atoms with Crippen molar-refractivity contribution in [3.05, 3.63) is 28.3 Å². The number of piperidine rings is 1. The van der Waals surface area contributed by atoms with Crippen LogP contribution in [0.4, 0.5) is 5.69 Å². The molecule has 9 heteroatoms. The molecule has 1 fully saturated rings. The first-order valence-electron chi connectivity index (χ1n) is 6.06. The van der Waals surface area contributed by atoms with Crippen LogP contribution in [0.5, 0.6) is 5.75 Å². The molecule has 0 saturated carbocycles. The van der Waals surface area contributed by atoms with Crippen LogP contribution >= 0.6 is 0 Å². The average molecular weight is 301 g/mol. The smallest absolute Gasteiger partial charge is 0.312 e. The highest BCUT2D eigenvalue weighted by atomic mass is 32.2. The normalized spacial score (nSPS) is 19.6. The maximum Gasteiger partial charge on any atom is 0.312 e. The van der Waals surface area contributed by atoms with Gasteiger partial charge >= 0.3 is 5.69 Å². The minimum atomic E-state index is -3.98. The van der Waals surface area contributed by atoms with Crippen LogP contribution in [0.15, 0.2) is 23.1 Å². The van der Waals surface area contributed by atoms with E-state index in [1.165, 1.54) is 12.1 Å². The first kappa shape index (κ1) is 14.7. The minimum Gasteiger partial charge on any atom is -0.482 e. The van der Waals surface area contributed by atoms with Gasteiger partial charge in [-0.15, -0.1) is 0 Å². The average Bonchev–Trinajstić information content (AvgIpc) is 2.38. The lowest BCUT2D eigenvalue weighted by Gasteiger charge is -2.23. The summed E-state index contributed by atoms with van der Waals surface area (Å²) in [7, 11) is -3.98.